The van der Waals surface area contributed by atoms with Gasteiger partial charge < -0.3 is 5.32 Å². The van der Waals surface area contributed by atoms with E-state index in [0.29, 0.717) is 25.9 Å². The van der Waals surface area contributed by atoms with Crippen LogP contribution < -0.4 is 5.32 Å². The number of carbonyl (C=O) groups excluding carboxylic acids is 2. The molecule has 1 aliphatic heterocycles. The third-order valence-electron chi connectivity index (χ3n) is 3.02. The quantitative estimate of drug-likeness (QED) is 0.824. The van der Waals surface area contributed by atoms with Crippen LogP contribution in [0.1, 0.15) is 19.8 Å². The Morgan fingerprint density at radius 2 is 1.83 bits per heavy atom. The number of rotatable bonds is 4. The second-order valence-corrected chi connectivity index (χ2v) is 4.55. The van der Waals surface area contributed by atoms with Gasteiger partial charge in [-0.1, -0.05) is 0 Å². The molecule has 7 heteroatoms. The molecule has 1 rings (SSSR count). The lowest BCUT2D eigenvalue weighted by atomic mass is 9.93. The van der Waals surface area contributed by atoms with Crippen LogP contribution >= 0.6 is 0 Å². The van der Waals surface area contributed by atoms with Crippen LogP contribution in [0.2, 0.25) is 0 Å². The average molecular weight is 266 g/mol. The van der Waals surface area contributed by atoms with Crippen molar-refractivity contribution in [3.63, 3.8) is 0 Å². The van der Waals surface area contributed by atoms with Gasteiger partial charge in [0.25, 0.3) is 0 Å². The smallest absolute Gasteiger partial charge is 0.346 e. The van der Waals surface area contributed by atoms with Crippen molar-refractivity contribution in [1.82, 2.24) is 10.2 Å². The van der Waals surface area contributed by atoms with Crippen LogP contribution in [0.25, 0.3) is 0 Å². The molecule has 1 amide bonds. The van der Waals surface area contributed by atoms with Crippen LogP contribution in [0, 0.1) is 5.92 Å². The third-order valence-corrected chi connectivity index (χ3v) is 3.02. The lowest BCUT2D eigenvalue weighted by Gasteiger charge is -2.30. The minimum Gasteiger partial charge on any atom is -0.346 e. The molecular weight excluding hydrogens is 249 g/mol. The van der Waals surface area contributed by atoms with E-state index in [2.05, 4.69) is 0 Å². The second kappa shape index (κ2) is 6.17. The number of amides is 1. The maximum Gasteiger partial charge on any atom is 0.405 e. The summed E-state index contributed by atoms with van der Waals surface area (Å²) >= 11 is 0. The number of carbonyl (C=O) groups is 2. The topological polar surface area (TPSA) is 49.4 Å². The summed E-state index contributed by atoms with van der Waals surface area (Å²) in [5.74, 6) is -0.468. The minimum absolute atomic E-state index is 0.0273. The number of likely N-dealkylation sites (tertiary alicyclic amines) is 1. The molecular formula is C11H17F3N2O2. The van der Waals surface area contributed by atoms with Crippen molar-refractivity contribution in [3.8, 4) is 0 Å². The van der Waals surface area contributed by atoms with E-state index in [0.717, 1.165) is 0 Å². The first-order valence-electron chi connectivity index (χ1n) is 5.84. The van der Waals surface area contributed by atoms with Crippen LogP contribution in [0.3, 0.4) is 0 Å². The number of alkyl halides is 3. The molecule has 1 N–H and O–H groups in total. The van der Waals surface area contributed by atoms with Crippen LogP contribution in [-0.2, 0) is 9.59 Å². The van der Waals surface area contributed by atoms with Crippen molar-refractivity contribution in [2.24, 2.45) is 5.92 Å². The van der Waals surface area contributed by atoms with Crippen LogP contribution in [0.15, 0.2) is 0 Å². The molecule has 1 saturated heterocycles. The van der Waals surface area contributed by atoms with Gasteiger partial charge in [0.15, 0.2) is 0 Å². The molecule has 0 aromatic rings. The highest BCUT2D eigenvalue weighted by Crippen LogP contribution is 2.17. The molecule has 0 spiro atoms. The highest BCUT2D eigenvalue weighted by atomic mass is 19.4. The lowest BCUT2D eigenvalue weighted by molar-refractivity contribution is -0.139. The molecule has 0 saturated carbocycles. The maximum atomic E-state index is 11.9. The number of halogens is 3. The predicted molar refractivity (Wildman–Crippen MR) is 58.9 cm³/mol. The van der Waals surface area contributed by atoms with E-state index < -0.39 is 18.6 Å². The van der Waals surface area contributed by atoms with E-state index in [4.69, 9.17) is 0 Å². The summed E-state index contributed by atoms with van der Waals surface area (Å²) in [5, 5.41) is 1.83. The van der Waals surface area contributed by atoms with Crippen molar-refractivity contribution >= 4 is 11.7 Å². The van der Waals surface area contributed by atoms with Gasteiger partial charge in [-0.05, 0) is 32.9 Å². The Morgan fingerprint density at radius 1 is 1.28 bits per heavy atom. The van der Waals surface area contributed by atoms with Crippen molar-refractivity contribution in [3.05, 3.63) is 0 Å². The molecule has 18 heavy (non-hydrogen) atoms. The molecule has 0 bridgehead atoms. The molecule has 1 fully saturated rings. The Hall–Kier alpha value is -1.11. The zero-order chi connectivity index (χ0) is 13.8. The first-order chi connectivity index (χ1) is 8.28. The molecule has 0 unspecified atom stereocenters. The predicted octanol–water partition coefficient (Wildman–Crippen LogP) is 0.966. The first kappa shape index (κ1) is 14.9. The molecule has 104 valence electrons. The maximum absolute atomic E-state index is 11.9. The SMILES string of the molecule is CC(=O)C1CCN(CC(=O)NCC(F)(F)F)CC1. The van der Waals surface area contributed by atoms with Crippen LogP contribution in [0.5, 0.6) is 0 Å². The van der Waals surface area contributed by atoms with Gasteiger partial charge in [0, 0.05) is 5.92 Å². The van der Waals surface area contributed by atoms with Gasteiger partial charge in [-0.2, -0.15) is 13.2 Å². The summed E-state index contributed by atoms with van der Waals surface area (Å²) in [7, 11) is 0. The second-order valence-electron chi connectivity index (χ2n) is 4.55. The largest absolute Gasteiger partial charge is 0.405 e. The Morgan fingerprint density at radius 3 is 2.28 bits per heavy atom. The summed E-state index contributed by atoms with van der Waals surface area (Å²) in [4.78, 5) is 24.1. The molecule has 0 atom stereocenters. The number of piperidine rings is 1. The van der Waals surface area contributed by atoms with Gasteiger partial charge in [0.05, 0.1) is 6.54 Å². The van der Waals surface area contributed by atoms with Crippen molar-refractivity contribution in [2.75, 3.05) is 26.2 Å². The van der Waals surface area contributed by atoms with Gasteiger partial charge >= 0.3 is 6.18 Å². The molecule has 0 aromatic heterocycles. The number of ketones is 1. The van der Waals surface area contributed by atoms with Gasteiger partial charge in [-0.25, -0.2) is 0 Å². The summed E-state index contributed by atoms with van der Waals surface area (Å²) in [5.41, 5.74) is 0. The Balaban J connectivity index is 2.24. The van der Waals surface area contributed by atoms with Crippen molar-refractivity contribution in [1.29, 1.82) is 0 Å². The number of Topliss-reactive ketones (excluding diaryl/α,β-unsaturated/α-hetero) is 1. The molecule has 0 aromatic carbocycles. The Labute approximate surface area is 104 Å². The lowest BCUT2D eigenvalue weighted by Crippen LogP contribution is -2.44. The number of nitrogens with zero attached hydrogens (tertiary/aromatic N) is 1. The average Bonchev–Trinajstić information content (AvgIpc) is 2.26. The monoisotopic (exact) mass is 266 g/mol. The van der Waals surface area contributed by atoms with Crippen molar-refractivity contribution < 1.29 is 22.8 Å². The highest BCUT2D eigenvalue weighted by molar-refractivity contribution is 5.79. The Bertz CT molecular complexity index is 310. The van der Waals surface area contributed by atoms with Crippen molar-refractivity contribution in [2.45, 2.75) is 25.9 Å². The molecule has 0 aliphatic carbocycles. The van der Waals surface area contributed by atoms with Gasteiger partial charge in [-0.3, -0.25) is 14.5 Å². The summed E-state index contributed by atoms with van der Waals surface area (Å²) < 4.78 is 35.6. The molecule has 0 radical (unpaired) electrons. The normalized spacial score (nSPS) is 18.7. The fourth-order valence-corrected chi connectivity index (χ4v) is 1.96. The van der Waals surface area contributed by atoms with E-state index in [1.54, 1.807) is 4.90 Å². The van der Waals surface area contributed by atoms with Crippen LogP contribution in [0.4, 0.5) is 13.2 Å². The third kappa shape index (κ3) is 5.48. The molecule has 1 aliphatic rings. The number of nitrogens with one attached hydrogen (secondary N) is 1. The Kier molecular flexibility index (Phi) is 5.13. The van der Waals surface area contributed by atoms with E-state index in [1.165, 1.54) is 6.92 Å². The zero-order valence-corrected chi connectivity index (χ0v) is 10.2. The number of hydrogen-bond donors (Lipinski definition) is 1. The summed E-state index contributed by atoms with van der Waals surface area (Å²) in [6, 6.07) is 0. The van der Waals surface area contributed by atoms with Gasteiger partial charge in [-0.15, -0.1) is 0 Å². The summed E-state index contributed by atoms with van der Waals surface area (Å²) in [6.07, 6.45) is -3.04. The highest BCUT2D eigenvalue weighted by Gasteiger charge is 2.28. The first-order valence-corrected chi connectivity index (χ1v) is 5.84. The minimum atomic E-state index is -4.38. The fourth-order valence-electron chi connectivity index (χ4n) is 1.96. The van der Waals surface area contributed by atoms with E-state index >= 15 is 0 Å². The van der Waals surface area contributed by atoms with Crippen LogP contribution in [-0.4, -0.2) is 48.9 Å². The fraction of sp³-hybridized carbons (Fsp3) is 0.818. The summed E-state index contributed by atoms with van der Waals surface area (Å²) in [6.45, 7) is 1.35. The van der Waals surface area contributed by atoms with E-state index in [1.807, 2.05) is 5.32 Å². The molecule has 4 nitrogen and oxygen atoms in total. The van der Waals surface area contributed by atoms with Gasteiger partial charge in [0.1, 0.15) is 12.3 Å². The van der Waals surface area contributed by atoms with E-state index in [-0.39, 0.29) is 18.2 Å². The van der Waals surface area contributed by atoms with Gasteiger partial charge in [0.2, 0.25) is 5.91 Å². The number of hydrogen-bond acceptors (Lipinski definition) is 3. The zero-order valence-electron chi connectivity index (χ0n) is 10.2. The standard InChI is InChI=1S/C11H17F3N2O2/c1-8(17)9-2-4-16(5-3-9)6-10(18)15-7-11(12,13)14/h9H,2-7H2,1H3,(H,15,18). The molecule has 1 heterocycles. The van der Waals surface area contributed by atoms with E-state index in [9.17, 15) is 22.8 Å².